The summed E-state index contributed by atoms with van der Waals surface area (Å²) in [7, 11) is 0. The maximum atomic E-state index is 9.70. The van der Waals surface area contributed by atoms with Gasteiger partial charge in [0.05, 0.1) is 6.42 Å². The van der Waals surface area contributed by atoms with Crippen molar-refractivity contribution in [2.75, 3.05) is 6.54 Å². The van der Waals surface area contributed by atoms with E-state index in [1.165, 1.54) is 0 Å². The Hall–Kier alpha value is 0.320. The second-order valence-corrected chi connectivity index (χ2v) is 5.16. The summed E-state index contributed by atoms with van der Waals surface area (Å²) in [6, 6.07) is 0. The smallest absolute Gasteiger partial charge is 0.208 e. The zero-order valence-corrected chi connectivity index (χ0v) is 7.55. The molecule has 0 spiro atoms. The fourth-order valence-electron chi connectivity index (χ4n) is 0.226. The summed E-state index contributed by atoms with van der Waals surface area (Å²) in [4.78, 5) is 9.21. The van der Waals surface area contributed by atoms with Gasteiger partial charge in [0.1, 0.15) is 0 Å². The molecule has 0 unspecified atom stereocenters. The van der Waals surface area contributed by atoms with Crippen molar-refractivity contribution in [3.8, 4) is 0 Å². The highest BCUT2D eigenvalue weighted by molar-refractivity contribution is 9.25. The summed E-state index contributed by atoms with van der Waals surface area (Å²) in [5.41, 5.74) is 0. The summed E-state index contributed by atoms with van der Waals surface area (Å²) in [6.45, 7) is -0.257. The summed E-state index contributed by atoms with van der Waals surface area (Å²) in [5, 5.41) is 18.5. The number of nitro groups is 1. The summed E-state index contributed by atoms with van der Waals surface area (Å²) >= 11 is 5.55. The zero-order valence-electron chi connectivity index (χ0n) is 4.38. The molecular weight excluding hydrogens is 258 g/mol. The maximum Gasteiger partial charge on any atom is 0.208 e. The van der Waals surface area contributed by atoms with E-state index in [1.54, 1.807) is 0 Å². The highest BCUT2D eigenvalue weighted by Gasteiger charge is 2.19. The van der Waals surface area contributed by atoms with Gasteiger partial charge in [-0.2, -0.15) is 0 Å². The molecule has 0 saturated carbocycles. The molecule has 0 aromatic rings. The number of hydrogen-bond acceptors (Lipinski definition) is 3. The molecule has 0 heterocycles. The number of aliphatic hydroxyl groups is 1. The molecule has 0 aliphatic carbocycles. The standard InChI is InChI=1S/C3H5Br2NO3/c4-3(5,7)1-2-6(8)9/h7H,1-2H2. The second kappa shape index (κ2) is 3.48. The third-order valence-corrected chi connectivity index (χ3v) is 1.39. The minimum Gasteiger partial charge on any atom is -0.369 e. The predicted octanol–water partition coefficient (Wildman–Crippen LogP) is 1.09. The number of nitrogens with zero attached hydrogens (tertiary/aromatic N) is 1. The average molecular weight is 263 g/mol. The van der Waals surface area contributed by atoms with E-state index in [2.05, 4.69) is 31.9 Å². The van der Waals surface area contributed by atoms with Gasteiger partial charge >= 0.3 is 0 Å². The van der Waals surface area contributed by atoms with Gasteiger partial charge in [0.2, 0.25) is 6.54 Å². The van der Waals surface area contributed by atoms with Crippen LogP contribution >= 0.6 is 31.9 Å². The molecule has 0 aliphatic heterocycles. The van der Waals surface area contributed by atoms with Crippen LogP contribution in [-0.4, -0.2) is 20.0 Å². The molecule has 0 rings (SSSR count). The molecule has 0 bridgehead atoms. The maximum absolute atomic E-state index is 9.70. The van der Waals surface area contributed by atoms with Gasteiger partial charge in [0.15, 0.2) is 3.42 Å². The minimum atomic E-state index is -1.28. The molecule has 0 radical (unpaired) electrons. The molecule has 0 aromatic heterocycles. The second-order valence-electron chi connectivity index (χ2n) is 1.47. The lowest BCUT2D eigenvalue weighted by Crippen LogP contribution is -2.15. The van der Waals surface area contributed by atoms with Gasteiger partial charge in [0, 0.05) is 4.92 Å². The Kier molecular flexibility index (Phi) is 3.60. The van der Waals surface area contributed by atoms with Gasteiger partial charge in [-0.25, -0.2) is 0 Å². The van der Waals surface area contributed by atoms with Crippen molar-refractivity contribution in [1.82, 2.24) is 0 Å². The number of rotatable bonds is 3. The van der Waals surface area contributed by atoms with Crippen LogP contribution in [0.1, 0.15) is 6.42 Å². The predicted molar refractivity (Wildman–Crippen MR) is 39.3 cm³/mol. The Balaban J connectivity index is 3.39. The van der Waals surface area contributed by atoms with Crippen LogP contribution in [0.4, 0.5) is 0 Å². The van der Waals surface area contributed by atoms with Gasteiger partial charge in [0.25, 0.3) is 0 Å². The lowest BCUT2D eigenvalue weighted by Gasteiger charge is -2.07. The Morgan fingerprint density at radius 2 is 2.11 bits per heavy atom. The summed E-state index contributed by atoms with van der Waals surface area (Å²) < 4.78 is -1.28. The van der Waals surface area contributed by atoms with Crippen molar-refractivity contribution in [2.24, 2.45) is 0 Å². The number of halogens is 2. The van der Waals surface area contributed by atoms with E-state index >= 15 is 0 Å². The SMILES string of the molecule is O=[N+]([O-])CCC(O)(Br)Br. The van der Waals surface area contributed by atoms with E-state index in [-0.39, 0.29) is 13.0 Å². The van der Waals surface area contributed by atoms with E-state index in [4.69, 9.17) is 5.11 Å². The highest BCUT2D eigenvalue weighted by atomic mass is 79.9. The monoisotopic (exact) mass is 261 g/mol. The first-order chi connectivity index (χ1) is 3.92. The van der Waals surface area contributed by atoms with Crippen LogP contribution in [0, 0.1) is 10.1 Å². The van der Waals surface area contributed by atoms with Gasteiger partial charge < -0.3 is 5.11 Å². The quantitative estimate of drug-likeness (QED) is 0.471. The fourth-order valence-corrected chi connectivity index (χ4v) is 0.580. The molecule has 6 heteroatoms. The topological polar surface area (TPSA) is 63.4 Å². The molecule has 0 aromatic carbocycles. The Morgan fingerprint density at radius 1 is 1.67 bits per heavy atom. The third-order valence-electron chi connectivity index (χ3n) is 0.595. The Labute approximate surface area is 68.7 Å². The van der Waals surface area contributed by atoms with Crippen LogP contribution in [0.3, 0.4) is 0 Å². The van der Waals surface area contributed by atoms with Crippen LogP contribution in [0.5, 0.6) is 0 Å². The molecule has 9 heavy (non-hydrogen) atoms. The molecule has 1 N–H and O–H groups in total. The molecule has 0 fully saturated rings. The van der Waals surface area contributed by atoms with Crippen molar-refractivity contribution >= 4 is 31.9 Å². The largest absolute Gasteiger partial charge is 0.369 e. The van der Waals surface area contributed by atoms with Gasteiger partial charge in [-0.05, 0) is 31.9 Å². The highest BCUT2D eigenvalue weighted by Crippen LogP contribution is 2.25. The number of alkyl halides is 2. The van der Waals surface area contributed by atoms with Gasteiger partial charge in [-0.3, -0.25) is 10.1 Å². The van der Waals surface area contributed by atoms with Gasteiger partial charge in [-0.15, -0.1) is 0 Å². The van der Waals surface area contributed by atoms with Crippen molar-refractivity contribution < 1.29 is 10.0 Å². The van der Waals surface area contributed by atoms with Crippen LogP contribution in [0.25, 0.3) is 0 Å². The first-order valence-electron chi connectivity index (χ1n) is 2.14. The van der Waals surface area contributed by atoms with Crippen molar-refractivity contribution in [2.45, 2.75) is 9.84 Å². The molecule has 0 amide bonds. The van der Waals surface area contributed by atoms with Crippen LogP contribution in [-0.2, 0) is 0 Å². The van der Waals surface area contributed by atoms with Crippen LogP contribution in [0.15, 0.2) is 0 Å². The molecule has 0 atom stereocenters. The summed E-state index contributed by atoms with van der Waals surface area (Å²) in [5.74, 6) is 0. The zero-order chi connectivity index (χ0) is 7.49. The lowest BCUT2D eigenvalue weighted by molar-refractivity contribution is -0.481. The van der Waals surface area contributed by atoms with E-state index in [0.717, 1.165) is 0 Å². The minimum absolute atomic E-state index is 0.0417. The summed E-state index contributed by atoms with van der Waals surface area (Å²) in [6.07, 6.45) is 0.0417. The average Bonchev–Trinajstić information content (AvgIpc) is 1.59. The van der Waals surface area contributed by atoms with Crippen LogP contribution < -0.4 is 0 Å². The van der Waals surface area contributed by atoms with Crippen molar-refractivity contribution in [3.63, 3.8) is 0 Å². The van der Waals surface area contributed by atoms with E-state index < -0.39 is 8.34 Å². The molecular formula is C3H5Br2NO3. The Morgan fingerprint density at radius 3 is 2.22 bits per heavy atom. The molecule has 0 aliphatic rings. The Bertz CT molecular complexity index is 110. The normalized spacial score (nSPS) is 11.4. The number of hydrogen-bond donors (Lipinski definition) is 1. The van der Waals surface area contributed by atoms with Gasteiger partial charge in [-0.1, -0.05) is 0 Å². The third kappa shape index (κ3) is 8.32. The van der Waals surface area contributed by atoms with E-state index in [0.29, 0.717) is 0 Å². The molecule has 54 valence electrons. The van der Waals surface area contributed by atoms with Crippen LogP contribution in [0.2, 0.25) is 0 Å². The fraction of sp³-hybridized carbons (Fsp3) is 1.00. The van der Waals surface area contributed by atoms with E-state index in [1.807, 2.05) is 0 Å². The first kappa shape index (κ1) is 9.32. The lowest BCUT2D eigenvalue weighted by atomic mass is 10.5. The molecule has 4 nitrogen and oxygen atoms in total. The van der Waals surface area contributed by atoms with Crippen molar-refractivity contribution in [1.29, 1.82) is 0 Å². The first-order valence-corrected chi connectivity index (χ1v) is 3.72. The van der Waals surface area contributed by atoms with E-state index in [9.17, 15) is 10.1 Å². The molecule has 0 saturated heterocycles. The van der Waals surface area contributed by atoms with Crippen molar-refractivity contribution in [3.05, 3.63) is 10.1 Å².